The highest BCUT2D eigenvalue weighted by atomic mass is 19.1. The Morgan fingerprint density at radius 2 is 1.74 bits per heavy atom. The molecule has 0 amide bonds. The van der Waals surface area contributed by atoms with E-state index in [9.17, 15) is 18.9 Å². The summed E-state index contributed by atoms with van der Waals surface area (Å²) < 4.78 is 33.7. The molecule has 0 aromatic heterocycles. The minimum Gasteiger partial charge on any atom is -0.451 e. The highest BCUT2D eigenvalue weighted by Gasteiger charge is 2.29. The van der Waals surface area contributed by atoms with Gasteiger partial charge in [-0.2, -0.15) is 0 Å². The van der Waals surface area contributed by atoms with E-state index in [4.69, 9.17) is 4.74 Å². The maximum absolute atomic E-state index is 14.8. The van der Waals surface area contributed by atoms with Gasteiger partial charge in [-0.25, -0.2) is 8.78 Å². The molecule has 0 radical (unpaired) electrons. The third-order valence-electron chi connectivity index (χ3n) is 3.73. The van der Waals surface area contributed by atoms with Crippen molar-refractivity contribution in [3.8, 4) is 11.5 Å². The Morgan fingerprint density at radius 1 is 1.04 bits per heavy atom. The molecule has 0 saturated carbocycles. The van der Waals surface area contributed by atoms with Crippen molar-refractivity contribution in [2.24, 2.45) is 0 Å². The normalized spacial score (nSPS) is 14.1. The molecule has 7 heteroatoms. The number of nitrogens with zero attached hydrogens (tertiary/aromatic N) is 2. The molecule has 2 aromatic rings. The molecule has 0 atom stereocenters. The highest BCUT2D eigenvalue weighted by molar-refractivity contribution is 5.67. The summed E-state index contributed by atoms with van der Waals surface area (Å²) >= 11 is 0. The molecule has 1 heterocycles. The maximum Gasteiger partial charge on any atom is 0.295 e. The molecular formula is C16H14F2N2O3. The van der Waals surface area contributed by atoms with Gasteiger partial charge in [-0.3, -0.25) is 10.1 Å². The van der Waals surface area contributed by atoms with Gasteiger partial charge in [0.2, 0.25) is 0 Å². The number of para-hydroxylation sites is 1. The topological polar surface area (TPSA) is 55.6 Å². The van der Waals surface area contributed by atoms with Crippen molar-refractivity contribution in [1.82, 2.24) is 0 Å². The van der Waals surface area contributed by atoms with E-state index in [1.54, 1.807) is 11.0 Å². The zero-order valence-electron chi connectivity index (χ0n) is 12.2. The van der Waals surface area contributed by atoms with Gasteiger partial charge < -0.3 is 9.64 Å². The van der Waals surface area contributed by atoms with E-state index in [1.165, 1.54) is 24.3 Å². The van der Waals surface area contributed by atoms with E-state index < -0.39 is 16.6 Å². The van der Waals surface area contributed by atoms with Crippen LogP contribution < -0.4 is 9.64 Å². The molecule has 1 aliphatic rings. The van der Waals surface area contributed by atoms with Crippen LogP contribution >= 0.6 is 0 Å². The van der Waals surface area contributed by atoms with E-state index >= 15 is 0 Å². The average Bonchev–Trinajstić information content (AvgIpc) is 3.04. The summed E-state index contributed by atoms with van der Waals surface area (Å²) in [7, 11) is 0. The van der Waals surface area contributed by atoms with Crippen molar-refractivity contribution in [2.45, 2.75) is 12.8 Å². The van der Waals surface area contributed by atoms with Crippen LogP contribution in [0, 0.1) is 21.7 Å². The zero-order chi connectivity index (χ0) is 16.4. The highest BCUT2D eigenvalue weighted by Crippen LogP contribution is 2.39. The van der Waals surface area contributed by atoms with Gasteiger partial charge in [-0.1, -0.05) is 12.1 Å². The van der Waals surface area contributed by atoms with Gasteiger partial charge in [0.15, 0.2) is 28.8 Å². The summed E-state index contributed by atoms with van der Waals surface area (Å²) in [6.45, 7) is 1.09. The van der Waals surface area contributed by atoms with E-state index in [0.29, 0.717) is 13.1 Å². The van der Waals surface area contributed by atoms with Gasteiger partial charge in [0, 0.05) is 19.2 Å². The van der Waals surface area contributed by atoms with Crippen molar-refractivity contribution in [1.29, 1.82) is 0 Å². The predicted molar refractivity (Wildman–Crippen MR) is 81.0 cm³/mol. The molecule has 0 bridgehead atoms. The molecule has 5 nitrogen and oxygen atoms in total. The number of anilines is 1. The van der Waals surface area contributed by atoms with Crippen molar-refractivity contribution < 1.29 is 18.4 Å². The Labute approximate surface area is 131 Å². The quantitative estimate of drug-likeness (QED) is 0.624. The lowest BCUT2D eigenvalue weighted by Gasteiger charge is -2.19. The molecule has 1 fully saturated rings. The number of benzene rings is 2. The molecule has 120 valence electrons. The van der Waals surface area contributed by atoms with Crippen LogP contribution in [0.1, 0.15) is 12.8 Å². The van der Waals surface area contributed by atoms with Gasteiger partial charge in [0.25, 0.3) is 5.69 Å². The third-order valence-corrected chi connectivity index (χ3v) is 3.73. The first-order chi connectivity index (χ1) is 11.1. The first-order valence-electron chi connectivity index (χ1n) is 7.22. The predicted octanol–water partition coefficient (Wildman–Crippen LogP) is 4.27. The number of nitro benzene ring substituents is 1. The fourth-order valence-corrected chi connectivity index (χ4v) is 2.65. The fraction of sp³-hybridized carbons (Fsp3) is 0.250. The molecule has 1 saturated heterocycles. The van der Waals surface area contributed by atoms with Gasteiger partial charge in [-0.05, 0) is 31.0 Å². The van der Waals surface area contributed by atoms with E-state index in [-0.39, 0.29) is 22.9 Å². The van der Waals surface area contributed by atoms with Gasteiger partial charge in [-0.15, -0.1) is 0 Å². The SMILES string of the molecule is O=[N+]([O-])c1ccc(Oc2ccccc2F)c(F)c1N1CCCC1. The summed E-state index contributed by atoms with van der Waals surface area (Å²) in [5.74, 6) is -1.84. The Balaban J connectivity index is 2.03. The van der Waals surface area contributed by atoms with Crippen LogP contribution in [0.5, 0.6) is 11.5 Å². The van der Waals surface area contributed by atoms with E-state index in [2.05, 4.69) is 0 Å². The molecule has 0 unspecified atom stereocenters. The second kappa shape index (κ2) is 6.20. The number of rotatable bonds is 4. The first-order valence-corrected chi connectivity index (χ1v) is 7.22. The Kier molecular flexibility index (Phi) is 4.10. The fourth-order valence-electron chi connectivity index (χ4n) is 2.65. The number of hydrogen-bond acceptors (Lipinski definition) is 4. The number of ether oxygens (including phenoxy) is 1. The molecule has 0 N–H and O–H groups in total. The minimum absolute atomic E-state index is 0.0960. The van der Waals surface area contributed by atoms with Crippen molar-refractivity contribution >= 4 is 11.4 Å². The molecule has 0 aliphatic carbocycles. The molecule has 23 heavy (non-hydrogen) atoms. The van der Waals surface area contributed by atoms with Crippen molar-refractivity contribution in [3.63, 3.8) is 0 Å². The van der Waals surface area contributed by atoms with E-state index in [1.807, 2.05) is 0 Å². The standard InChI is InChI=1S/C16H14F2N2O3/c17-11-5-1-2-6-13(11)23-14-8-7-12(20(21)22)16(15(14)18)19-9-3-4-10-19/h1-2,5-8H,3-4,9-10H2. The molecule has 3 rings (SSSR count). The largest absolute Gasteiger partial charge is 0.451 e. The maximum atomic E-state index is 14.8. The average molecular weight is 320 g/mol. The van der Waals surface area contributed by atoms with Crippen LogP contribution in [0.2, 0.25) is 0 Å². The first kappa shape index (κ1) is 15.2. The number of halogens is 2. The van der Waals surface area contributed by atoms with Gasteiger partial charge in [0.05, 0.1) is 4.92 Å². The Morgan fingerprint density at radius 3 is 2.39 bits per heavy atom. The van der Waals surface area contributed by atoms with Crippen LogP contribution in [-0.4, -0.2) is 18.0 Å². The summed E-state index contributed by atoms with van der Waals surface area (Å²) in [6, 6.07) is 7.95. The number of nitro groups is 1. The summed E-state index contributed by atoms with van der Waals surface area (Å²) in [6.07, 6.45) is 1.68. The molecule has 0 spiro atoms. The third kappa shape index (κ3) is 2.94. The molecule has 1 aliphatic heterocycles. The van der Waals surface area contributed by atoms with Crippen LogP contribution in [0.4, 0.5) is 20.2 Å². The summed E-state index contributed by atoms with van der Waals surface area (Å²) in [5.41, 5.74) is -0.411. The van der Waals surface area contributed by atoms with Gasteiger partial charge >= 0.3 is 0 Å². The molecule has 2 aromatic carbocycles. The van der Waals surface area contributed by atoms with Crippen molar-refractivity contribution in [2.75, 3.05) is 18.0 Å². The smallest absolute Gasteiger partial charge is 0.295 e. The van der Waals surface area contributed by atoms with Crippen LogP contribution in [-0.2, 0) is 0 Å². The minimum atomic E-state index is -0.843. The Bertz CT molecular complexity index is 746. The zero-order valence-corrected chi connectivity index (χ0v) is 12.2. The monoisotopic (exact) mass is 320 g/mol. The van der Waals surface area contributed by atoms with Crippen molar-refractivity contribution in [3.05, 3.63) is 58.1 Å². The Hall–Kier alpha value is -2.70. The second-order valence-corrected chi connectivity index (χ2v) is 5.23. The van der Waals surface area contributed by atoms with Crippen LogP contribution in [0.15, 0.2) is 36.4 Å². The van der Waals surface area contributed by atoms with E-state index in [0.717, 1.165) is 18.9 Å². The van der Waals surface area contributed by atoms with Crippen LogP contribution in [0.25, 0.3) is 0 Å². The van der Waals surface area contributed by atoms with Gasteiger partial charge in [0.1, 0.15) is 0 Å². The summed E-state index contributed by atoms with van der Waals surface area (Å²) in [5, 5.41) is 11.2. The summed E-state index contributed by atoms with van der Waals surface area (Å²) in [4.78, 5) is 12.2. The van der Waals surface area contributed by atoms with Crippen LogP contribution in [0.3, 0.4) is 0 Å². The molecular weight excluding hydrogens is 306 g/mol. The lowest BCUT2D eigenvalue weighted by Crippen LogP contribution is -2.20. The second-order valence-electron chi connectivity index (χ2n) is 5.23. The lowest BCUT2D eigenvalue weighted by atomic mass is 10.2. The lowest BCUT2D eigenvalue weighted by molar-refractivity contribution is -0.384. The number of hydrogen-bond donors (Lipinski definition) is 0.